The molecule has 4 heteroatoms. The Kier molecular flexibility index (Phi) is 20.2. The fraction of sp³-hybridized carbons (Fsp3) is 0.844. The second-order valence-electron chi connectivity index (χ2n) is 12.0. The molecule has 36 heavy (non-hydrogen) atoms. The first-order chi connectivity index (χ1) is 17.1. The Hall–Kier alpha value is -1.13. The van der Waals surface area contributed by atoms with E-state index in [9.17, 15) is 4.79 Å². The summed E-state index contributed by atoms with van der Waals surface area (Å²) >= 11 is 0. The molecule has 0 aliphatic heterocycles. The highest BCUT2D eigenvalue weighted by molar-refractivity contribution is 5.72. The van der Waals surface area contributed by atoms with Crippen LogP contribution in [0.5, 0.6) is 0 Å². The van der Waals surface area contributed by atoms with E-state index in [0.717, 1.165) is 38.0 Å². The Bertz CT molecular complexity index is 555. The maximum atomic E-state index is 13.5. The van der Waals surface area contributed by atoms with E-state index in [1.807, 2.05) is 0 Å². The molecule has 0 aromatic rings. The van der Waals surface area contributed by atoms with Crippen molar-refractivity contribution in [2.45, 2.75) is 106 Å². The van der Waals surface area contributed by atoms with Crippen molar-refractivity contribution >= 4 is 5.97 Å². The number of carbonyl (C=O) groups excluding carboxylic acids is 1. The molecule has 0 heterocycles. The zero-order valence-electron chi connectivity index (χ0n) is 25.0. The number of rotatable bonds is 24. The number of esters is 1. The van der Waals surface area contributed by atoms with Gasteiger partial charge < -0.3 is 14.2 Å². The van der Waals surface area contributed by atoms with Gasteiger partial charge in [-0.25, -0.2) is 0 Å². The summed E-state index contributed by atoms with van der Waals surface area (Å²) in [4.78, 5) is 13.5. The zero-order chi connectivity index (χ0) is 27.4. The van der Waals surface area contributed by atoms with Gasteiger partial charge in [0.2, 0.25) is 0 Å². The molecule has 0 rings (SSSR count). The van der Waals surface area contributed by atoms with E-state index in [0.29, 0.717) is 50.8 Å². The molecule has 0 saturated carbocycles. The summed E-state index contributed by atoms with van der Waals surface area (Å²) in [7, 11) is 0. The van der Waals surface area contributed by atoms with Crippen LogP contribution >= 0.6 is 0 Å². The van der Waals surface area contributed by atoms with Gasteiger partial charge >= 0.3 is 5.97 Å². The van der Waals surface area contributed by atoms with E-state index in [4.69, 9.17) is 14.2 Å². The van der Waals surface area contributed by atoms with Crippen molar-refractivity contribution in [3.8, 4) is 0 Å². The van der Waals surface area contributed by atoms with E-state index in [2.05, 4.69) is 61.6 Å². The van der Waals surface area contributed by atoms with Gasteiger partial charge in [-0.2, -0.15) is 0 Å². The smallest absolute Gasteiger partial charge is 0.309 e. The Labute approximate surface area is 224 Å². The second kappa shape index (κ2) is 20.9. The van der Waals surface area contributed by atoms with Gasteiger partial charge in [-0.05, 0) is 49.4 Å². The summed E-state index contributed by atoms with van der Waals surface area (Å²) in [6.07, 6.45) is 13.5. The van der Waals surface area contributed by atoms with Crippen molar-refractivity contribution in [3.63, 3.8) is 0 Å². The van der Waals surface area contributed by atoms with Crippen LogP contribution in [0.1, 0.15) is 106 Å². The van der Waals surface area contributed by atoms with Crippen molar-refractivity contribution in [2.24, 2.45) is 35.0 Å². The highest BCUT2D eigenvalue weighted by Crippen LogP contribution is 2.30. The molecule has 0 amide bonds. The predicted octanol–water partition coefficient (Wildman–Crippen LogP) is 8.65. The van der Waals surface area contributed by atoms with Gasteiger partial charge in [-0.1, -0.05) is 92.7 Å². The fourth-order valence-corrected chi connectivity index (χ4v) is 4.65. The molecule has 4 nitrogen and oxygen atoms in total. The van der Waals surface area contributed by atoms with Crippen LogP contribution in [0.2, 0.25) is 0 Å². The first-order valence-electron chi connectivity index (χ1n) is 14.6. The molecule has 3 unspecified atom stereocenters. The van der Waals surface area contributed by atoms with Gasteiger partial charge in [-0.15, -0.1) is 13.2 Å². The number of ether oxygens (including phenoxy) is 3. The lowest BCUT2D eigenvalue weighted by atomic mass is 9.82. The number of hydrogen-bond acceptors (Lipinski definition) is 4. The Morgan fingerprint density at radius 2 is 1.28 bits per heavy atom. The summed E-state index contributed by atoms with van der Waals surface area (Å²) in [5.74, 6) is 2.31. The van der Waals surface area contributed by atoms with Crippen molar-refractivity contribution in [2.75, 3.05) is 33.0 Å². The first-order valence-corrected chi connectivity index (χ1v) is 14.6. The van der Waals surface area contributed by atoms with Gasteiger partial charge in [0.05, 0.1) is 37.8 Å². The predicted molar refractivity (Wildman–Crippen MR) is 154 cm³/mol. The molecule has 0 N–H and O–H groups in total. The lowest BCUT2D eigenvalue weighted by Crippen LogP contribution is -2.39. The maximum Gasteiger partial charge on any atom is 0.309 e. The molecule has 0 aliphatic rings. The van der Waals surface area contributed by atoms with Crippen LogP contribution in [0.15, 0.2) is 25.3 Å². The zero-order valence-corrected chi connectivity index (χ0v) is 25.0. The monoisotopic (exact) mass is 508 g/mol. The van der Waals surface area contributed by atoms with Crippen LogP contribution in [0.25, 0.3) is 0 Å². The maximum absolute atomic E-state index is 13.5. The SMILES string of the molecule is C=CCOCC(CC)(COCC=C)COC(=O)C(CCC(C)CCCC(C)C)C(C)CCCC(C)C. The molecule has 0 fully saturated rings. The minimum Gasteiger partial charge on any atom is -0.465 e. The van der Waals surface area contributed by atoms with Gasteiger partial charge in [0, 0.05) is 0 Å². The van der Waals surface area contributed by atoms with E-state index >= 15 is 0 Å². The van der Waals surface area contributed by atoms with Gasteiger partial charge in [0.1, 0.15) is 6.61 Å². The molecule has 212 valence electrons. The Morgan fingerprint density at radius 3 is 1.75 bits per heavy atom. The Morgan fingerprint density at radius 1 is 0.750 bits per heavy atom. The summed E-state index contributed by atoms with van der Waals surface area (Å²) in [5.41, 5.74) is -0.364. The van der Waals surface area contributed by atoms with E-state index in [-0.39, 0.29) is 17.3 Å². The molecule has 0 spiro atoms. The Balaban J connectivity index is 5.25. The van der Waals surface area contributed by atoms with Crippen LogP contribution in [0.4, 0.5) is 0 Å². The van der Waals surface area contributed by atoms with Crippen LogP contribution in [0, 0.1) is 35.0 Å². The summed E-state index contributed by atoms with van der Waals surface area (Å²) < 4.78 is 17.7. The molecule has 0 aromatic heterocycles. The van der Waals surface area contributed by atoms with Crippen molar-refractivity contribution in [1.29, 1.82) is 0 Å². The lowest BCUT2D eigenvalue weighted by molar-refractivity contribution is -0.158. The minimum atomic E-state index is -0.364. The molecule has 0 aliphatic carbocycles. The normalized spacial score (nSPS) is 14.6. The van der Waals surface area contributed by atoms with Crippen LogP contribution in [-0.4, -0.2) is 39.0 Å². The van der Waals surface area contributed by atoms with Gasteiger partial charge in [-0.3, -0.25) is 4.79 Å². The molecule has 0 radical (unpaired) electrons. The first kappa shape index (κ1) is 34.9. The highest BCUT2D eigenvalue weighted by atomic mass is 16.5. The third kappa shape index (κ3) is 16.6. The average Bonchev–Trinajstić information content (AvgIpc) is 2.82. The van der Waals surface area contributed by atoms with E-state index in [1.165, 1.54) is 25.7 Å². The second-order valence-corrected chi connectivity index (χ2v) is 12.0. The average molecular weight is 509 g/mol. The topological polar surface area (TPSA) is 44.8 Å². The molecule has 0 saturated heterocycles. The molecular formula is C32H60O4. The van der Waals surface area contributed by atoms with E-state index < -0.39 is 0 Å². The van der Waals surface area contributed by atoms with Crippen molar-refractivity contribution in [3.05, 3.63) is 25.3 Å². The molecular weight excluding hydrogens is 448 g/mol. The van der Waals surface area contributed by atoms with E-state index in [1.54, 1.807) is 12.2 Å². The summed E-state index contributed by atoms with van der Waals surface area (Å²) in [6.45, 7) is 25.5. The minimum absolute atomic E-state index is 0.0494. The van der Waals surface area contributed by atoms with Crippen LogP contribution in [0.3, 0.4) is 0 Å². The quantitative estimate of drug-likeness (QED) is 0.0743. The molecule has 3 atom stereocenters. The number of hydrogen-bond donors (Lipinski definition) is 0. The standard InChI is InChI=1S/C32H60O4/c1-10-21-34-23-32(12-3,24-35-22-11-2)25-36-31(33)30(29(9)18-14-16-27(6)7)20-19-28(8)17-13-15-26(4)5/h10-11,26-30H,1-2,12-25H2,3-9H3. The molecule has 0 aromatic carbocycles. The highest BCUT2D eigenvalue weighted by Gasteiger charge is 2.34. The lowest BCUT2D eigenvalue weighted by Gasteiger charge is -2.33. The summed E-state index contributed by atoms with van der Waals surface area (Å²) in [5, 5.41) is 0. The third-order valence-corrected chi connectivity index (χ3v) is 7.44. The summed E-state index contributed by atoms with van der Waals surface area (Å²) in [6, 6.07) is 0. The van der Waals surface area contributed by atoms with Crippen LogP contribution < -0.4 is 0 Å². The number of carbonyl (C=O) groups is 1. The largest absolute Gasteiger partial charge is 0.465 e. The fourth-order valence-electron chi connectivity index (χ4n) is 4.65. The third-order valence-electron chi connectivity index (χ3n) is 7.44. The van der Waals surface area contributed by atoms with Gasteiger partial charge in [0.15, 0.2) is 0 Å². The van der Waals surface area contributed by atoms with Crippen molar-refractivity contribution in [1.82, 2.24) is 0 Å². The van der Waals surface area contributed by atoms with Crippen molar-refractivity contribution < 1.29 is 19.0 Å². The van der Waals surface area contributed by atoms with Crippen LogP contribution in [-0.2, 0) is 19.0 Å². The van der Waals surface area contributed by atoms with Gasteiger partial charge in [0.25, 0.3) is 0 Å². The molecule has 0 bridgehead atoms.